The molecule has 1 aromatic heterocycles. The molecule has 7 nitrogen and oxygen atoms in total. The van der Waals surface area contributed by atoms with Gasteiger partial charge >= 0.3 is 0 Å². The van der Waals surface area contributed by atoms with Crippen molar-refractivity contribution in [2.45, 2.75) is 18.9 Å². The van der Waals surface area contributed by atoms with Crippen molar-refractivity contribution in [3.8, 4) is 5.75 Å². The maximum Gasteiger partial charge on any atom is 0.190 e. The van der Waals surface area contributed by atoms with E-state index in [1.165, 1.54) is 0 Å². The number of anilines is 1. The zero-order valence-electron chi connectivity index (χ0n) is 13.0. The van der Waals surface area contributed by atoms with Crippen LogP contribution in [0.1, 0.15) is 18.5 Å². The topological polar surface area (TPSA) is 96.9 Å². The highest BCUT2D eigenvalue weighted by molar-refractivity contribution is 6.32. The van der Waals surface area contributed by atoms with Gasteiger partial charge in [0, 0.05) is 25.9 Å². The average Bonchev–Trinajstić information content (AvgIpc) is 2.64. The summed E-state index contributed by atoms with van der Waals surface area (Å²) in [5, 5.41) is 20.3. The summed E-state index contributed by atoms with van der Waals surface area (Å²) in [6.45, 7) is 1.62. The summed E-state index contributed by atoms with van der Waals surface area (Å²) in [5.41, 5.74) is 5.83. The molecule has 3 rings (SSSR count). The molecule has 0 atom stereocenters. The third kappa shape index (κ3) is 3.68. The second-order valence-corrected chi connectivity index (χ2v) is 5.90. The number of benzene rings is 1. The first-order chi connectivity index (χ1) is 11.7. The fourth-order valence-corrected chi connectivity index (χ4v) is 2.78. The van der Waals surface area contributed by atoms with E-state index in [0.717, 1.165) is 37.5 Å². The summed E-state index contributed by atoms with van der Waals surface area (Å²) < 4.78 is 5.98. The fraction of sp³-hybridized carbons (Fsp3) is 0.312. The van der Waals surface area contributed by atoms with E-state index in [2.05, 4.69) is 20.3 Å². The predicted molar refractivity (Wildman–Crippen MR) is 91.9 cm³/mol. The highest BCUT2D eigenvalue weighted by atomic mass is 35.5. The lowest BCUT2D eigenvalue weighted by molar-refractivity contribution is 0.171. The first-order valence-electron chi connectivity index (χ1n) is 7.65. The van der Waals surface area contributed by atoms with Gasteiger partial charge in [-0.25, -0.2) is 0 Å². The first kappa shape index (κ1) is 16.3. The largest absolute Gasteiger partial charge is 0.489 e. The maximum atomic E-state index is 8.64. The molecule has 1 aromatic carbocycles. The number of piperidine rings is 1. The van der Waals surface area contributed by atoms with E-state index >= 15 is 0 Å². The van der Waals surface area contributed by atoms with Crippen LogP contribution in [0.3, 0.4) is 0 Å². The Morgan fingerprint density at radius 1 is 1.21 bits per heavy atom. The van der Waals surface area contributed by atoms with Crippen molar-refractivity contribution < 1.29 is 9.94 Å². The van der Waals surface area contributed by atoms with E-state index in [-0.39, 0.29) is 11.9 Å². The van der Waals surface area contributed by atoms with Gasteiger partial charge in [0.1, 0.15) is 17.5 Å². The minimum absolute atomic E-state index is 0.0547. The van der Waals surface area contributed by atoms with Crippen LogP contribution in [0, 0.1) is 0 Å². The Hall–Kier alpha value is -2.54. The number of nitrogens with two attached hydrogens (primary N) is 1. The van der Waals surface area contributed by atoms with E-state index in [4.69, 9.17) is 27.3 Å². The molecule has 3 N–H and O–H groups in total. The van der Waals surface area contributed by atoms with E-state index in [1.54, 1.807) is 6.07 Å². The van der Waals surface area contributed by atoms with Crippen LogP contribution < -0.4 is 15.4 Å². The Morgan fingerprint density at radius 2 is 1.96 bits per heavy atom. The highest BCUT2D eigenvalue weighted by Crippen LogP contribution is 2.27. The van der Waals surface area contributed by atoms with Gasteiger partial charge < -0.3 is 20.6 Å². The molecular formula is C16H18ClN5O2. The van der Waals surface area contributed by atoms with Gasteiger partial charge in [0.15, 0.2) is 11.7 Å². The van der Waals surface area contributed by atoms with Crippen LogP contribution in [0.25, 0.3) is 0 Å². The zero-order valence-corrected chi connectivity index (χ0v) is 13.7. The molecule has 1 fully saturated rings. The number of para-hydroxylation sites is 1. The molecule has 0 unspecified atom stereocenters. The number of nitrogens with zero attached hydrogens (tertiary/aromatic N) is 4. The molecular weight excluding hydrogens is 330 g/mol. The lowest BCUT2D eigenvalue weighted by Crippen LogP contribution is -2.38. The standard InChI is InChI=1S/C16H18ClN5O2/c17-12-3-1-2-4-14(12)24-11-7-9-22(10-8-11)15-6-5-13(19-20-15)16(18)21-23/h1-6,11,23H,7-10H2,(H2,18,21). The summed E-state index contributed by atoms with van der Waals surface area (Å²) >= 11 is 6.13. The van der Waals surface area contributed by atoms with Crippen molar-refractivity contribution in [1.29, 1.82) is 0 Å². The molecule has 0 amide bonds. The van der Waals surface area contributed by atoms with E-state index in [0.29, 0.717) is 10.7 Å². The fourth-order valence-electron chi connectivity index (χ4n) is 2.60. The number of hydrogen-bond donors (Lipinski definition) is 2. The van der Waals surface area contributed by atoms with E-state index in [1.807, 2.05) is 30.3 Å². The SMILES string of the molecule is N/C(=N\O)c1ccc(N2CCC(Oc3ccccc3Cl)CC2)nn1. The summed E-state index contributed by atoms with van der Waals surface area (Å²) in [6, 6.07) is 11.0. The normalized spacial score (nSPS) is 16.2. The molecule has 0 radical (unpaired) electrons. The molecule has 24 heavy (non-hydrogen) atoms. The van der Waals surface area contributed by atoms with Gasteiger partial charge in [0.05, 0.1) is 5.02 Å². The summed E-state index contributed by atoms with van der Waals surface area (Å²) in [7, 11) is 0. The predicted octanol–water partition coefficient (Wildman–Crippen LogP) is 2.27. The summed E-state index contributed by atoms with van der Waals surface area (Å²) in [6.07, 6.45) is 1.87. The van der Waals surface area contributed by atoms with E-state index in [9.17, 15) is 0 Å². The van der Waals surface area contributed by atoms with Crippen LogP contribution >= 0.6 is 11.6 Å². The first-order valence-corrected chi connectivity index (χ1v) is 8.03. The molecule has 1 saturated heterocycles. The maximum absolute atomic E-state index is 8.64. The lowest BCUT2D eigenvalue weighted by atomic mass is 10.1. The Balaban J connectivity index is 1.58. The van der Waals surface area contributed by atoms with Crippen LogP contribution in [0.15, 0.2) is 41.6 Å². The molecule has 1 aliphatic heterocycles. The van der Waals surface area contributed by atoms with Gasteiger partial charge in [-0.1, -0.05) is 28.9 Å². The molecule has 2 heterocycles. The number of oxime groups is 1. The molecule has 0 bridgehead atoms. The van der Waals surface area contributed by atoms with Crippen LogP contribution in [-0.4, -0.2) is 40.4 Å². The number of ether oxygens (including phenoxy) is 1. The van der Waals surface area contributed by atoms with Crippen LogP contribution in [0.2, 0.25) is 5.02 Å². The van der Waals surface area contributed by atoms with Crippen molar-refractivity contribution in [3.05, 3.63) is 47.1 Å². The Labute approximate surface area is 144 Å². The summed E-state index contributed by atoms with van der Waals surface area (Å²) in [4.78, 5) is 2.13. The van der Waals surface area contributed by atoms with Gasteiger partial charge in [-0.2, -0.15) is 0 Å². The quantitative estimate of drug-likeness (QED) is 0.381. The Kier molecular flexibility index (Phi) is 5.00. The summed E-state index contributed by atoms with van der Waals surface area (Å²) in [5.74, 6) is 1.43. The van der Waals surface area contributed by atoms with Gasteiger partial charge in [-0.15, -0.1) is 10.2 Å². The van der Waals surface area contributed by atoms with Gasteiger partial charge in [-0.3, -0.25) is 0 Å². The van der Waals surface area contributed by atoms with Crippen molar-refractivity contribution in [3.63, 3.8) is 0 Å². The molecule has 0 saturated carbocycles. The van der Waals surface area contributed by atoms with Gasteiger partial charge in [0.2, 0.25) is 0 Å². The Morgan fingerprint density at radius 3 is 2.58 bits per heavy atom. The van der Waals surface area contributed by atoms with Crippen molar-refractivity contribution in [1.82, 2.24) is 10.2 Å². The third-order valence-electron chi connectivity index (χ3n) is 3.92. The number of rotatable bonds is 4. The molecule has 0 aliphatic carbocycles. The van der Waals surface area contributed by atoms with E-state index < -0.39 is 0 Å². The number of amidine groups is 1. The Bertz CT molecular complexity index is 715. The monoisotopic (exact) mass is 347 g/mol. The minimum atomic E-state index is -0.0547. The smallest absolute Gasteiger partial charge is 0.190 e. The van der Waals surface area contributed by atoms with Crippen molar-refractivity contribution >= 4 is 23.3 Å². The average molecular weight is 348 g/mol. The minimum Gasteiger partial charge on any atom is -0.489 e. The lowest BCUT2D eigenvalue weighted by Gasteiger charge is -2.32. The van der Waals surface area contributed by atoms with Gasteiger partial charge in [0.25, 0.3) is 0 Å². The van der Waals surface area contributed by atoms with Crippen molar-refractivity contribution in [2.75, 3.05) is 18.0 Å². The van der Waals surface area contributed by atoms with Gasteiger partial charge in [-0.05, 0) is 24.3 Å². The number of hydrogen-bond acceptors (Lipinski definition) is 6. The second-order valence-electron chi connectivity index (χ2n) is 5.50. The second kappa shape index (κ2) is 7.35. The number of aromatic nitrogens is 2. The molecule has 2 aromatic rings. The molecule has 0 spiro atoms. The number of halogens is 1. The van der Waals surface area contributed by atoms with Crippen LogP contribution in [-0.2, 0) is 0 Å². The molecule has 1 aliphatic rings. The van der Waals surface area contributed by atoms with Crippen LogP contribution in [0.5, 0.6) is 5.75 Å². The highest BCUT2D eigenvalue weighted by Gasteiger charge is 2.22. The van der Waals surface area contributed by atoms with Crippen LogP contribution in [0.4, 0.5) is 5.82 Å². The van der Waals surface area contributed by atoms with Crippen molar-refractivity contribution in [2.24, 2.45) is 10.9 Å². The third-order valence-corrected chi connectivity index (χ3v) is 4.23. The molecule has 126 valence electrons. The zero-order chi connectivity index (χ0) is 16.9. The molecule has 8 heteroatoms.